The van der Waals surface area contributed by atoms with Crippen molar-refractivity contribution in [2.75, 3.05) is 36.0 Å². The molecule has 1 aliphatic heterocycles. The summed E-state index contributed by atoms with van der Waals surface area (Å²) in [6, 6.07) is 5.85. The van der Waals surface area contributed by atoms with Gasteiger partial charge in [0.25, 0.3) is 0 Å². The van der Waals surface area contributed by atoms with Gasteiger partial charge < -0.3 is 14.4 Å². The Morgan fingerprint density at radius 2 is 1.50 bits per heavy atom. The van der Waals surface area contributed by atoms with Gasteiger partial charge in [0.2, 0.25) is 0 Å². The minimum absolute atomic E-state index is 0.467. The Balaban J connectivity index is 1.31. The summed E-state index contributed by atoms with van der Waals surface area (Å²) in [6.07, 6.45) is 4.00. The first-order valence-electron chi connectivity index (χ1n) is 10.4. The number of anilines is 2. The van der Waals surface area contributed by atoms with Crippen LogP contribution < -0.4 is 9.80 Å². The van der Waals surface area contributed by atoms with E-state index in [1.165, 1.54) is 12.8 Å². The van der Waals surface area contributed by atoms with Crippen LogP contribution in [0.25, 0.3) is 11.2 Å². The molecule has 0 atom stereocenters. The lowest BCUT2D eigenvalue weighted by molar-refractivity contribution is -0.137. The number of piperazine rings is 1. The summed E-state index contributed by atoms with van der Waals surface area (Å²) in [6.45, 7) is 2.87. The second kappa shape index (κ2) is 7.45. The summed E-state index contributed by atoms with van der Waals surface area (Å²) in [5.41, 5.74) is 1.90. The SMILES string of the molecule is FC(F)(F)c1ccc(N2CCN(c3ncnc4c3ncn4C3CCCC3)CC2)cc1. The van der Waals surface area contributed by atoms with Crippen LogP contribution in [0.1, 0.15) is 37.3 Å². The molecular weight excluding hydrogens is 393 g/mol. The smallest absolute Gasteiger partial charge is 0.368 e. The van der Waals surface area contributed by atoms with Gasteiger partial charge in [-0.1, -0.05) is 12.8 Å². The lowest BCUT2D eigenvalue weighted by Gasteiger charge is -2.36. The summed E-state index contributed by atoms with van der Waals surface area (Å²) in [5, 5.41) is 0. The van der Waals surface area contributed by atoms with Crippen molar-refractivity contribution in [1.82, 2.24) is 19.5 Å². The van der Waals surface area contributed by atoms with Gasteiger partial charge in [0.1, 0.15) is 6.33 Å². The van der Waals surface area contributed by atoms with Crippen molar-refractivity contribution in [2.24, 2.45) is 0 Å². The molecule has 1 saturated heterocycles. The van der Waals surface area contributed by atoms with Gasteiger partial charge in [0.15, 0.2) is 17.0 Å². The first kappa shape index (κ1) is 19.1. The quantitative estimate of drug-likeness (QED) is 0.638. The second-order valence-electron chi connectivity index (χ2n) is 7.98. The van der Waals surface area contributed by atoms with Gasteiger partial charge in [0.05, 0.1) is 11.9 Å². The molecule has 3 heterocycles. The summed E-state index contributed by atoms with van der Waals surface area (Å²) >= 11 is 0. The third-order valence-corrected chi connectivity index (χ3v) is 6.20. The highest BCUT2D eigenvalue weighted by atomic mass is 19.4. The van der Waals surface area contributed by atoms with E-state index < -0.39 is 11.7 Å². The normalized spacial score (nSPS) is 18.5. The average Bonchev–Trinajstić information content (AvgIpc) is 3.43. The standard InChI is InChI=1S/C21H23F3N6/c22-21(23,24)15-5-7-16(8-6-15)28-9-11-29(12-10-28)19-18-20(26-13-25-19)30(14-27-18)17-3-1-2-4-17/h5-8,13-14,17H,1-4,9-12H2. The fourth-order valence-corrected chi connectivity index (χ4v) is 4.56. The molecule has 0 radical (unpaired) electrons. The Morgan fingerprint density at radius 1 is 0.833 bits per heavy atom. The second-order valence-corrected chi connectivity index (χ2v) is 7.98. The van der Waals surface area contributed by atoms with E-state index in [0.29, 0.717) is 19.1 Å². The predicted octanol–water partition coefficient (Wildman–Crippen LogP) is 4.29. The Kier molecular flexibility index (Phi) is 4.75. The van der Waals surface area contributed by atoms with Crippen LogP contribution in [0.15, 0.2) is 36.9 Å². The van der Waals surface area contributed by atoms with Crippen molar-refractivity contribution < 1.29 is 13.2 Å². The van der Waals surface area contributed by atoms with Crippen LogP contribution >= 0.6 is 0 Å². The molecule has 5 rings (SSSR count). The average molecular weight is 416 g/mol. The van der Waals surface area contributed by atoms with Crippen LogP contribution in [0.3, 0.4) is 0 Å². The zero-order valence-corrected chi connectivity index (χ0v) is 16.5. The van der Waals surface area contributed by atoms with Gasteiger partial charge in [-0.2, -0.15) is 13.2 Å². The molecule has 0 N–H and O–H groups in total. The molecule has 2 aromatic heterocycles. The van der Waals surface area contributed by atoms with Gasteiger partial charge in [-0.05, 0) is 37.1 Å². The first-order valence-corrected chi connectivity index (χ1v) is 10.4. The number of hydrogen-bond acceptors (Lipinski definition) is 5. The largest absolute Gasteiger partial charge is 0.416 e. The van der Waals surface area contributed by atoms with Crippen LogP contribution in [-0.2, 0) is 6.18 Å². The molecule has 1 aromatic carbocycles. The number of nitrogens with zero attached hydrogens (tertiary/aromatic N) is 6. The summed E-state index contributed by atoms with van der Waals surface area (Å²) in [5.74, 6) is 0.837. The minimum Gasteiger partial charge on any atom is -0.368 e. The lowest BCUT2D eigenvalue weighted by Crippen LogP contribution is -2.47. The number of fused-ring (bicyclic) bond motifs is 1. The Morgan fingerprint density at radius 3 is 2.17 bits per heavy atom. The fourth-order valence-electron chi connectivity index (χ4n) is 4.56. The van der Waals surface area contributed by atoms with Gasteiger partial charge in [-0.3, -0.25) is 0 Å². The lowest BCUT2D eigenvalue weighted by atomic mass is 10.1. The molecule has 0 bridgehead atoms. The van der Waals surface area contributed by atoms with Crippen LogP contribution in [0.4, 0.5) is 24.7 Å². The van der Waals surface area contributed by atoms with E-state index >= 15 is 0 Å². The number of imidazole rings is 1. The van der Waals surface area contributed by atoms with Gasteiger partial charge in [-0.25, -0.2) is 15.0 Å². The van der Waals surface area contributed by atoms with Gasteiger partial charge in [-0.15, -0.1) is 0 Å². The molecule has 9 heteroatoms. The molecule has 1 aliphatic carbocycles. The number of halogens is 3. The monoisotopic (exact) mass is 416 g/mol. The molecule has 3 aromatic rings. The van der Waals surface area contributed by atoms with Crippen LogP contribution in [0.2, 0.25) is 0 Å². The zero-order chi connectivity index (χ0) is 20.7. The fraction of sp³-hybridized carbons (Fsp3) is 0.476. The van der Waals surface area contributed by atoms with Gasteiger partial charge in [0, 0.05) is 37.9 Å². The number of benzene rings is 1. The van der Waals surface area contributed by atoms with Crippen molar-refractivity contribution in [2.45, 2.75) is 37.9 Å². The van der Waals surface area contributed by atoms with E-state index in [2.05, 4.69) is 29.3 Å². The van der Waals surface area contributed by atoms with E-state index in [9.17, 15) is 13.2 Å². The highest BCUT2D eigenvalue weighted by Crippen LogP contribution is 2.34. The van der Waals surface area contributed by atoms with Gasteiger partial charge >= 0.3 is 6.18 Å². The van der Waals surface area contributed by atoms with Crippen molar-refractivity contribution in [3.05, 3.63) is 42.5 Å². The maximum absolute atomic E-state index is 12.8. The first-order chi connectivity index (χ1) is 14.5. The molecule has 30 heavy (non-hydrogen) atoms. The number of rotatable bonds is 3. The molecular formula is C21H23F3N6. The van der Waals surface area contributed by atoms with Crippen molar-refractivity contribution >= 4 is 22.7 Å². The molecule has 2 aliphatic rings. The number of aromatic nitrogens is 4. The predicted molar refractivity (Wildman–Crippen MR) is 109 cm³/mol. The van der Waals surface area contributed by atoms with E-state index in [1.54, 1.807) is 18.5 Å². The Hall–Kier alpha value is -2.84. The molecule has 0 unspecified atom stereocenters. The Labute approximate surface area is 172 Å². The number of hydrogen-bond donors (Lipinski definition) is 0. The summed E-state index contributed by atoms with van der Waals surface area (Å²) in [7, 11) is 0. The molecule has 0 amide bonds. The third kappa shape index (κ3) is 3.46. The number of alkyl halides is 3. The summed E-state index contributed by atoms with van der Waals surface area (Å²) in [4.78, 5) is 17.9. The van der Waals surface area contributed by atoms with Crippen molar-refractivity contribution in [3.63, 3.8) is 0 Å². The van der Waals surface area contributed by atoms with Crippen LogP contribution in [0.5, 0.6) is 0 Å². The van der Waals surface area contributed by atoms with E-state index in [4.69, 9.17) is 0 Å². The zero-order valence-electron chi connectivity index (χ0n) is 16.5. The van der Waals surface area contributed by atoms with Crippen molar-refractivity contribution in [3.8, 4) is 0 Å². The van der Waals surface area contributed by atoms with E-state index in [1.807, 2.05) is 6.33 Å². The minimum atomic E-state index is -4.31. The molecule has 1 saturated carbocycles. The van der Waals surface area contributed by atoms with Crippen molar-refractivity contribution in [1.29, 1.82) is 0 Å². The molecule has 6 nitrogen and oxygen atoms in total. The van der Waals surface area contributed by atoms with Crippen LogP contribution in [0, 0.1) is 0 Å². The van der Waals surface area contributed by atoms with Crippen LogP contribution in [-0.4, -0.2) is 45.7 Å². The highest BCUT2D eigenvalue weighted by molar-refractivity contribution is 5.83. The third-order valence-electron chi connectivity index (χ3n) is 6.20. The highest BCUT2D eigenvalue weighted by Gasteiger charge is 2.30. The summed E-state index contributed by atoms with van der Waals surface area (Å²) < 4.78 is 40.6. The van der Waals surface area contributed by atoms with E-state index in [-0.39, 0.29) is 0 Å². The maximum Gasteiger partial charge on any atom is 0.416 e. The van der Waals surface area contributed by atoms with E-state index in [0.717, 1.165) is 60.7 Å². The Bertz CT molecular complexity index is 1020. The maximum atomic E-state index is 12.8. The molecule has 2 fully saturated rings. The molecule has 0 spiro atoms. The topological polar surface area (TPSA) is 50.1 Å². The molecule has 158 valence electrons.